The number of piperidine rings is 1. The number of amides is 2. The molecule has 0 aromatic heterocycles. The molecule has 2 aliphatic heterocycles. The van der Waals surface area contributed by atoms with Crippen LogP contribution in [0.4, 0.5) is 0 Å². The molecule has 27 heavy (non-hydrogen) atoms. The van der Waals surface area contributed by atoms with E-state index < -0.39 is 0 Å². The molecule has 2 fully saturated rings. The summed E-state index contributed by atoms with van der Waals surface area (Å²) in [6.07, 6.45) is 6.10. The molecule has 1 unspecified atom stereocenters. The van der Waals surface area contributed by atoms with Crippen molar-refractivity contribution in [1.29, 1.82) is 0 Å². The van der Waals surface area contributed by atoms with E-state index in [4.69, 9.17) is 0 Å². The highest BCUT2D eigenvalue weighted by atomic mass is 16.2. The molecule has 2 aliphatic rings. The van der Waals surface area contributed by atoms with E-state index in [9.17, 15) is 9.59 Å². The molecular formula is C21H38N4O2. The van der Waals surface area contributed by atoms with Gasteiger partial charge in [0.15, 0.2) is 0 Å². The molecule has 0 aromatic carbocycles. The first kappa shape index (κ1) is 21.9. The van der Waals surface area contributed by atoms with Crippen molar-refractivity contribution in [1.82, 2.24) is 20.0 Å². The fourth-order valence-corrected chi connectivity index (χ4v) is 3.93. The van der Waals surface area contributed by atoms with Crippen LogP contribution in [0.25, 0.3) is 0 Å². The Morgan fingerprint density at radius 3 is 2.19 bits per heavy atom. The van der Waals surface area contributed by atoms with Crippen molar-refractivity contribution < 1.29 is 9.59 Å². The van der Waals surface area contributed by atoms with Crippen molar-refractivity contribution in [3.63, 3.8) is 0 Å². The normalized spacial score (nSPS) is 21.7. The molecule has 2 rings (SSSR count). The van der Waals surface area contributed by atoms with Gasteiger partial charge in [0.05, 0.1) is 0 Å². The summed E-state index contributed by atoms with van der Waals surface area (Å²) in [6.45, 7) is 15.8. The van der Waals surface area contributed by atoms with E-state index in [1.807, 2.05) is 18.7 Å². The second-order valence-corrected chi connectivity index (χ2v) is 8.36. The molecule has 0 saturated carbocycles. The van der Waals surface area contributed by atoms with Gasteiger partial charge >= 0.3 is 0 Å². The van der Waals surface area contributed by atoms with E-state index in [1.165, 1.54) is 31.7 Å². The largest absolute Gasteiger partial charge is 0.350 e. The van der Waals surface area contributed by atoms with Crippen LogP contribution in [-0.2, 0) is 9.59 Å². The Bertz CT molecular complexity index is 504. The molecule has 1 N–H and O–H groups in total. The SMILES string of the molecule is CCC(C)N1CCN(CC2CCN(C(=O)/C=C/C(=O)NC(C)C)CC2)CC1. The van der Waals surface area contributed by atoms with Crippen molar-refractivity contribution in [2.75, 3.05) is 45.8 Å². The fraction of sp³-hybridized carbons (Fsp3) is 0.810. The van der Waals surface area contributed by atoms with Gasteiger partial charge in [-0.05, 0) is 46.0 Å². The van der Waals surface area contributed by atoms with E-state index in [0.717, 1.165) is 45.6 Å². The zero-order valence-corrected chi connectivity index (χ0v) is 17.6. The molecule has 6 heteroatoms. The van der Waals surface area contributed by atoms with Gasteiger partial charge in [-0.15, -0.1) is 0 Å². The van der Waals surface area contributed by atoms with Gasteiger partial charge in [-0.1, -0.05) is 6.92 Å². The first-order valence-corrected chi connectivity index (χ1v) is 10.6. The highest BCUT2D eigenvalue weighted by Crippen LogP contribution is 2.20. The van der Waals surface area contributed by atoms with Crippen LogP contribution in [-0.4, -0.2) is 84.4 Å². The van der Waals surface area contributed by atoms with Crippen molar-refractivity contribution in [3.8, 4) is 0 Å². The lowest BCUT2D eigenvalue weighted by Gasteiger charge is -2.40. The molecule has 0 radical (unpaired) electrons. The predicted octanol–water partition coefficient (Wildman–Crippen LogP) is 1.72. The third kappa shape index (κ3) is 7.26. The van der Waals surface area contributed by atoms with Crippen molar-refractivity contribution >= 4 is 11.8 Å². The minimum atomic E-state index is -0.204. The van der Waals surface area contributed by atoms with Gasteiger partial charge in [-0.2, -0.15) is 0 Å². The number of carbonyl (C=O) groups excluding carboxylic acids is 2. The third-order valence-corrected chi connectivity index (χ3v) is 5.87. The van der Waals surface area contributed by atoms with E-state index in [-0.39, 0.29) is 17.9 Å². The van der Waals surface area contributed by atoms with Gasteiger partial charge in [0.25, 0.3) is 0 Å². The summed E-state index contributed by atoms with van der Waals surface area (Å²) in [5.41, 5.74) is 0. The van der Waals surface area contributed by atoms with Crippen LogP contribution in [0, 0.1) is 5.92 Å². The van der Waals surface area contributed by atoms with E-state index in [2.05, 4.69) is 29.0 Å². The van der Waals surface area contributed by atoms with Gasteiger partial charge in [-0.25, -0.2) is 0 Å². The molecule has 1 atom stereocenters. The van der Waals surface area contributed by atoms with Crippen LogP contribution >= 0.6 is 0 Å². The van der Waals surface area contributed by atoms with Gasteiger partial charge in [0.2, 0.25) is 11.8 Å². The Hall–Kier alpha value is -1.40. The van der Waals surface area contributed by atoms with Crippen LogP contribution < -0.4 is 5.32 Å². The first-order chi connectivity index (χ1) is 12.9. The van der Waals surface area contributed by atoms with E-state index in [1.54, 1.807) is 0 Å². The number of nitrogens with one attached hydrogen (secondary N) is 1. The van der Waals surface area contributed by atoms with Gasteiger partial charge < -0.3 is 15.1 Å². The van der Waals surface area contributed by atoms with Gasteiger partial charge in [0, 0.05) is 70.0 Å². The zero-order chi connectivity index (χ0) is 19.8. The topological polar surface area (TPSA) is 55.9 Å². The molecular weight excluding hydrogens is 340 g/mol. The summed E-state index contributed by atoms with van der Waals surface area (Å²) in [5, 5.41) is 2.76. The molecule has 0 bridgehead atoms. The summed E-state index contributed by atoms with van der Waals surface area (Å²) in [6, 6.07) is 0.775. The van der Waals surface area contributed by atoms with E-state index >= 15 is 0 Å². The number of carbonyl (C=O) groups is 2. The summed E-state index contributed by atoms with van der Waals surface area (Å²) in [4.78, 5) is 30.9. The quantitative estimate of drug-likeness (QED) is 0.686. The van der Waals surface area contributed by atoms with Gasteiger partial charge in [0.1, 0.15) is 0 Å². The maximum Gasteiger partial charge on any atom is 0.246 e. The molecule has 0 spiro atoms. The molecule has 2 heterocycles. The van der Waals surface area contributed by atoms with Crippen LogP contribution in [0.3, 0.4) is 0 Å². The Labute approximate surface area is 164 Å². The summed E-state index contributed by atoms with van der Waals surface area (Å²) in [5.74, 6) is 0.428. The van der Waals surface area contributed by atoms with Crippen molar-refractivity contribution in [3.05, 3.63) is 12.2 Å². The maximum atomic E-state index is 12.3. The van der Waals surface area contributed by atoms with Crippen LogP contribution in [0.15, 0.2) is 12.2 Å². The lowest BCUT2D eigenvalue weighted by atomic mass is 9.95. The highest BCUT2D eigenvalue weighted by Gasteiger charge is 2.26. The Kier molecular flexibility index (Phi) is 8.77. The van der Waals surface area contributed by atoms with E-state index in [0.29, 0.717) is 12.0 Å². The monoisotopic (exact) mass is 378 g/mol. The second-order valence-electron chi connectivity index (χ2n) is 8.36. The Balaban J connectivity index is 1.67. The van der Waals surface area contributed by atoms with Crippen LogP contribution in [0.1, 0.15) is 47.0 Å². The molecule has 2 saturated heterocycles. The minimum absolute atomic E-state index is 0.0467. The van der Waals surface area contributed by atoms with Crippen LogP contribution in [0.5, 0.6) is 0 Å². The van der Waals surface area contributed by atoms with Gasteiger partial charge in [-0.3, -0.25) is 14.5 Å². The third-order valence-electron chi connectivity index (χ3n) is 5.87. The second kappa shape index (κ2) is 10.8. The zero-order valence-electron chi connectivity index (χ0n) is 17.6. The summed E-state index contributed by atoms with van der Waals surface area (Å²) >= 11 is 0. The number of rotatable bonds is 7. The lowest BCUT2D eigenvalue weighted by Crippen LogP contribution is -2.51. The van der Waals surface area contributed by atoms with Crippen molar-refractivity contribution in [2.45, 2.75) is 59.0 Å². The maximum absolute atomic E-state index is 12.3. The Morgan fingerprint density at radius 1 is 1.00 bits per heavy atom. The molecule has 0 aliphatic carbocycles. The predicted molar refractivity (Wildman–Crippen MR) is 109 cm³/mol. The average molecular weight is 379 g/mol. The smallest absolute Gasteiger partial charge is 0.246 e. The average Bonchev–Trinajstić information content (AvgIpc) is 2.66. The highest BCUT2D eigenvalue weighted by molar-refractivity contribution is 5.96. The number of hydrogen-bond acceptors (Lipinski definition) is 4. The number of nitrogens with zero attached hydrogens (tertiary/aromatic N) is 3. The number of hydrogen-bond donors (Lipinski definition) is 1. The molecule has 2 amide bonds. The molecule has 0 aromatic rings. The lowest BCUT2D eigenvalue weighted by molar-refractivity contribution is -0.128. The first-order valence-electron chi connectivity index (χ1n) is 10.6. The standard InChI is InChI=1S/C21H38N4O2/c1-5-18(4)24-14-12-23(13-15-24)16-19-8-10-25(11-9-19)21(27)7-6-20(26)22-17(2)3/h6-7,17-19H,5,8-16H2,1-4H3,(H,22,26)/b7-6+. The Morgan fingerprint density at radius 2 is 1.63 bits per heavy atom. The summed E-state index contributed by atoms with van der Waals surface area (Å²) < 4.78 is 0. The summed E-state index contributed by atoms with van der Waals surface area (Å²) in [7, 11) is 0. The van der Waals surface area contributed by atoms with Crippen molar-refractivity contribution in [2.24, 2.45) is 5.92 Å². The minimum Gasteiger partial charge on any atom is -0.350 e. The number of piperazine rings is 1. The van der Waals surface area contributed by atoms with Crippen LogP contribution in [0.2, 0.25) is 0 Å². The molecule has 154 valence electrons. The number of likely N-dealkylation sites (tertiary alicyclic amines) is 1. The fourth-order valence-electron chi connectivity index (χ4n) is 3.93. The molecule has 6 nitrogen and oxygen atoms in total.